The van der Waals surface area contributed by atoms with Crippen LogP contribution in [-0.2, 0) is 15.0 Å². The van der Waals surface area contributed by atoms with Gasteiger partial charge in [-0.3, -0.25) is 9.59 Å². The van der Waals surface area contributed by atoms with Gasteiger partial charge in [0.1, 0.15) is 0 Å². The lowest BCUT2D eigenvalue weighted by Gasteiger charge is -2.38. The molecule has 120 valence electrons. The van der Waals surface area contributed by atoms with Crippen molar-refractivity contribution < 1.29 is 9.59 Å². The van der Waals surface area contributed by atoms with Gasteiger partial charge in [-0.15, -0.1) is 0 Å². The Hall–Kier alpha value is -1.26. The summed E-state index contributed by atoms with van der Waals surface area (Å²) < 4.78 is 0. The van der Waals surface area contributed by atoms with Crippen LogP contribution in [0.1, 0.15) is 26.3 Å². The van der Waals surface area contributed by atoms with Gasteiger partial charge in [0.05, 0.1) is 15.5 Å². The molecular weight excluding hydrogens is 323 g/mol. The Morgan fingerprint density at radius 1 is 1.00 bits per heavy atom. The Balaban J connectivity index is 2.14. The normalized spacial score (nSPS) is 15.9. The molecule has 22 heavy (non-hydrogen) atoms. The first-order chi connectivity index (χ1) is 10.2. The van der Waals surface area contributed by atoms with Crippen LogP contribution in [0.25, 0.3) is 0 Å². The summed E-state index contributed by atoms with van der Waals surface area (Å²) in [6.45, 7) is 7.60. The molecule has 1 aliphatic rings. The molecule has 4 nitrogen and oxygen atoms in total. The lowest BCUT2D eigenvalue weighted by Crippen LogP contribution is -2.54. The van der Waals surface area contributed by atoms with Crippen molar-refractivity contribution in [3.8, 4) is 0 Å². The monoisotopic (exact) mass is 342 g/mol. The van der Waals surface area contributed by atoms with E-state index in [4.69, 9.17) is 23.2 Å². The molecular formula is C16H20Cl2N2O2. The Bertz CT molecular complexity index is 594. The van der Waals surface area contributed by atoms with Gasteiger partial charge in [0.2, 0.25) is 11.8 Å². The van der Waals surface area contributed by atoms with Gasteiger partial charge >= 0.3 is 0 Å². The van der Waals surface area contributed by atoms with Crippen LogP contribution in [0.3, 0.4) is 0 Å². The molecule has 0 N–H and O–H groups in total. The van der Waals surface area contributed by atoms with Crippen molar-refractivity contribution in [2.24, 2.45) is 0 Å². The fourth-order valence-corrected chi connectivity index (χ4v) is 2.93. The summed E-state index contributed by atoms with van der Waals surface area (Å²) >= 11 is 12.0. The average molecular weight is 343 g/mol. The number of carbonyl (C=O) groups is 2. The summed E-state index contributed by atoms with van der Waals surface area (Å²) in [4.78, 5) is 27.8. The van der Waals surface area contributed by atoms with Gasteiger partial charge in [-0.2, -0.15) is 0 Å². The Labute approximate surface area is 141 Å². The van der Waals surface area contributed by atoms with E-state index in [0.29, 0.717) is 36.2 Å². The van der Waals surface area contributed by atoms with Gasteiger partial charge in [-0.25, -0.2) is 0 Å². The molecule has 2 rings (SSSR count). The van der Waals surface area contributed by atoms with E-state index in [1.54, 1.807) is 24.0 Å². The van der Waals surface area contributed by atoms with Crippen molar-refractivity contribution in [1.29, 1.82) is 0 Å². The predicted octanol–water partition coefficient (Wildman–Crippen LogP) is 2.96. The first kappa shape index (κ1) is 17.1. The third kappa shape index (κ3) is 3.39. The van der Waals surface area contributed by atoms with E-state index in [-0.39, 0.29) is 11.8 Å². The Kier molecular flexibility index (Phi) is 5.03. The molecule has 0 spiro atoms. The predicted molar refractivity (Wildman–Crippen MR) is 88.3 cm³/mol. The van der Waals surface area contributed by atoms with Crippen LogP contribution >= 0.6 is 23.2 Å². The molecule has 0 aromatic heterocycles. The molecule has 0 unspecified atom stereocenters. The SMILES string of the molecule is CC(=O)N1CCN(C(=O)C(C)(C)c2ccc(Cl)c(Cl)c2)CC1. The highest BCUT2D eigenvalue weighted by molar-refractivity contribution is 6.42. The molecule has 1 aromatic carbocycles. The topological polar surface area (TPSA) is 40.6 Å². The van der Waals surface area contributed by atoms with Crippen molar-refractivity contribution in [3.05, 3.63) is 33.8 Å². The first-order valence-electron chi connectivity index (χ1n) is 7.24. The van der Waals surface area contributed by atoms with Crippen LogP contribution in [0.2, 0.25) is 10.0 Å². The zero-order chi connectivity index (χ0) is 16.5. The second-order valence-electron chi connectivity index (χ2n) is 6.05. The van der Waals surface area contributed by atoms with Gasteiger partial charge in [-0.05, 0) is 31.5 Å². The summed E-state index contributed by atoms with van der Waals surface area (Å²) in [5, 5.41) is 0.921. The van der Waals surface area contributed by atoms with Crippen molar-refractivity contribution >= 4 is 35.0 Å². The third-order valence-electron chi connectivity index (χ3n) is 4.19. The third-order valence-corrected chi connectivity index (χ3v) is 4.93. The van der Waals surface area contributed by atoms with Gasteiger partial charge < -0.3 is 9.80 Å². The Morgan fingerprint density at radius 3 is 2.05 bits per heavy atom. The van der Waals surface area contributed by atoms with Crippen LogP contribution in [0.5, 0.6) is 0 Å². The van der Waals surface area contributed by atoms with Crippen LogP contribution in [0.4, 0.5) is 0 Å². The molecule has 1 heterocycles. The number of nitrogens with zero attached hydrogens (tertiary/aromatic N) is 2. The maximum absolute atomic E-state index is 12.8. The quantitative estimate of drug-likeness (QED) is 0.828. The van der Waals surface area contributed by atoms with E-state index in [1.165, 1.54) is 0 Å². The molecule has 0 radical (unpaired) electrons. The molecule has 0 atom stereocenters. The van der Waals surface area contributed by atoms with Gasteiger partial charge in [-0.1, -0.05) is 29.3 Å². The number of amides is 2. The highest BCUT2D eigenvalue weighted by Gasteiger charge is 2.35. The molecule has 0 saturated carbocycles. The van der Waals surface area contributed by atoms with Gasteiger partial charge in [0, 0.05) is 33.1 Å². The van der Waals surface area contributed by atoms with E-state index in [2.05, 4.69) is 0 Å². The summed E-state index contributed by atoms with van der Waals surface area (Å²) in [5.41, 5.74) is 0.146. The van der Waals surface area contributed by atoms with Crippen LogP contribution in [0.15, 0.2) is 18.2 Å². The number of carbonyl (C=O) groups excluding carboxylic acids is 2. The minimum atomic E-state index is -0.688. The Morgan fingerprint density at radius 2 is 1.55 bits per heavy atom. The van der Waals surface area contributed by atoms with Gasteiger partial charge in [0.15, 0.2) is 0 Å². The van der Waals surface area contributed by atoms with Crippen molar-refractivity contribution in [2.45, 2.75) is 26.2 Å². The molecule has 1 aromatic rings. The molecule has 2 amide bonds. The second-order valence-corrected chi connectivity index (χ2v) is 6.87. The average Bonchev–Trinajstić information content (AvgIpc) is 2.49. The fraction of sp³-hybridized carbons (Fsp3) is 0.500. The minimum absolute atomic E-state index is 0.0362. The van der Waals surface area contributed by atoms with E-state index in [9.17, 15) is 9.59 Å². The molecule has 0 bridgehead atoms. The number of hydrogen-bond donors (Lipinski definition) is 0. The maximum atomic E-state index is 12.8. The van der Waals surface area contributed by atoms with Crippen LogP contribution in [0, 0.1) is 0 Å². The molecule has 6 heteroatoms. The van der Waals surface area contributed by atoms with Crippen molar-refractivity contribution in [1.82, 2.24) is 9.80 Å². The zero-order valence-corrected chi connectivity index (χ0v) is 14.5. The molecule has 0 aliphatic carbocycles. The van der Waals surface area contributed by atoms with Crippen molar-refractivity contribution in [3.63, 3.8) is 0 Å². The van der Waals surface area contributed by atoms with E-state index >= 15 is 0 Å². The smallest absolute Gasteiger partial charge is 0.232 e. The summed E-state index contributed by atoms with van der Waals surface area (Å²) in [6.07, 6.45) is 0. The summed E-state index contributed by atoms with van der Waals surface area (Å²) in [6, 6.07) is 5.29. The molecule has 1 saturated heterocycles. The van der Waals surface area contributed by atoms with Crippen molar-refractivity contribution in [2.75, 3.05) is 26.2 Å². The van der Waals surface area contributed by atoms with Crippen LogP contribution in [-0.4, -0.2) is 47.8 Å². The molecule has 1 fully saturated rings. The fourth-order valence-electron chi connectivity index (χ4n) is 2.63. The largest absolute Gasteiger partial charge is 0.339 e. The highest BCUT2D eigenvalue weighted by atomic mass is 35.5. The first-order valence-corrected chi connectivity index (χ1v) is 7.99. The second kappa shape index (κ2) is 6.47. The number of rotatable bonds is 2. The standard InChI is InChI=1S/C16H20Cl2N2O2/c1-11(21)19-6-8-20(9-7-19)15(22)16(2,3)12-4-5-13(17)14(18)10-12/h4-5,10H,6-9H2,1-3H3. The summed E-state index contributed by atoms with van der Waals surface area (Å²) in [7, 11) is 0. The number of hydrogen-bond acceptors (Lipinski definition) is 2. The van der Waals surface area contributed by atoms with Crippen LogP contribution < -0.4 is 0 Å². The number of benzene rings is 1. The van der Waals surface area contributed by atoms with E-state index in [1.807, 2.05) is 24.8 Å². The van der Waals surface area contributed by atoms with E-state index < -0.39 is 5.41 Å². The zero-order valence-electron chi connectivity index (χ0n) is 13.0. The molecule has 1 aliphatic heterocycles. The lowest BCUT2D eigenvalue weighted by molar-refractivity contribution is -0.141. The maximum Gasteiger partial charge on any atom is 0.232 e. The highest BCUT2D eigenvalue weighted by Crippen LogP contribution is 2.31. The summed E-state index contributed by atoms with van der Waals surface area (Å²) in [5.74, 6) is 0.0879. The minimum Gasteiger partial charge on any atom is -0.339 e. The van der Waals surface area contributed by atoms with Gasteiger partial charge in [0.25, 0.3) is 0 Å². The lowest BCUT2D eigenvalue weighted by atomic mass is 9.83. The van der Waals surface area contributed by atoms with E-state index in [0.717, 1.165) is 5.56 Å². The number of piperazine rings is 1. The number of halogens is 2.